The van der Waals surface area contributed by atoms with E-state index < -0.39 is 0 Å². The van der Waals surface area contributed by atoms with Gasteiger partial charge in [0.15, 0.2) is 0 Å². The van der Waals surface area contributed by atoms with Gasteiger partial charge in [0.05, 0.1) is 14.2 Å². The van der Waals surface area contributed by atoms with Crippen LogP contribution >= 0.6 is 0 Å². The van der Waals surface area contributed by atoms with Crippen LogP contribution in [0.4, 0.5) is 0 Å². The topological polar surface area (TPSA) is 30.5 Å². The van der Waals surface area contributed by atoms with E-state index in [2.05, 4.69) is 25.2 Å². The zero-order chi connectivity index (χ0) is 12.7. The monoisotopic (exact) mass is 235 g/mol. The van der Waals surface area contributed by atoms with Gasteiger partial charge in [0, 0.05) is 12.6 Å². The highest BCUT2D eigenvalue weighted by molar-refractivity contribution is 5.57. The second-order valence-electron chi connectivity index (χ2n) is 3.92. The van der Waals surface area contributed by atoms with E-state index in [1.54, 1.807) is 14.2 Å². The van der Waals surface area contributed by atoms with E-state index >= 15 is 0 Å². The van der Waals surface area contributed by atoms with Crippen molar-refractivity contribution in [3.05, 3.63) is 29.3 Å². The van der Waals surface area contributed by atoms with Crippen LogP contribution in [-0.2, 0) is 0 Å². The Morgan fingerprint density at radius 3 is 2.24 bits per heavy atom. The normalized spacial score (nSPS) is 11.4. The minimum atomic E-state index is 0.812. The van der Waals surface area contributed by atoms with Gasteiger partial charge in [-0.2, -0.15) is 0 Å². The Kier molecular flexibility index (Phi) is 5.57. The van der Waals surface area contributed by atoms with Crippen molar-refractivity contribution in [2.75, 3.05) is 27.3 Å². The quantitative estimate of drug-likeness (QED) is 0.822. The van der Waals surface area contributed by atoms with Crippen molar-refractivity contribution in [1.82, 2.24) is 5.32 Å². The predicted octanol–water partition coefficient (Wildman–Crippen LogP) is 2.72. The number of nitrogens with one attached hydrogen (secondary N) is 1. The highest BCUT2D eigenvalue weighted by Gasteiger charge is 2.00. The number of ether oxygens (including phenoxy) is 2. The van der Waals surface area contributed by atoms with Gasteiger partial charge in [0.1, 0.15) is 11.5 Å². The third-order valence-electron chi connectivity index (χ3n) is 2.44. The lowest BCUT2D eigenvalue weighted by Crippen LogP contribution is -2.14. The molecular weight excluding hydrogens is 214 g/mol. The zero-order valence-corrected chi connectivity index (χ0v) is 11.0. The molecule has 1 aromatic rings. The molecule has 1 N–H and O–H groups in total. The van der Waals surface area contributed by atoms with Gasteiger partial charge in [0.2, 0.25) is 0 Å². The molecule has 0 amide bonds. The van der Waals surface area contributed by atoms with Crippen molar-refractivity contribution in [2.45, 2.75) is 13.8 Å². The van der Waals surface area contributed by atoms with Gasteiger partial charge in [0.25, 0.3) is 0 Å². The number of benzene rings is 1. The summed E-state index contributed by atoms with van der Waals surface area (Å²) in [6, 6.07) is 5.87. The maximum atomic E-state index is 5.24. The van der Waals surface area contributed by atoms with Crippen molar-refractivity contribution in [1.29, 1.82) is 0 Å². The molecule has 94 valence electrons. The first-order chi connectivity index (χ1) is 8.19. The number of methoxy groups -OCH3 is 2. The molecule has 0 radical (unpaired) electrons. The molecule has 0 bridgehead atoms. The highest BCUT2D eigenvalue weighted by atomic mass is 16.5. The molecule has 3 nitrogen and oxygen atoms in total. The first-order valence-electron chi connectivity index (χ1n) is 5.80. The van der Waals surface area contributed by atoms with Crippen LogP contribution in [0.2, 0.25) is 0 Å². The van der Waals surface area contributed by atoms with Crippen molar-refractivity contribution in [2.24, 2.45) is 0 Å². The van der Waals surface area contributed by atoms with E-state index in [-0.39, 0.29) is 0 Å². The average Bonchev–Trinajstić information content (AvgIpc) is 2.35. The molecule has 0 aliphatic carbocycles. The lowest BCUT2D eigenvalue weighted by atomic mass is 10.1. The van der Waals surface area contributed by atoms with Crippen molar-refractivity contribution in [3.8, 4) is 11.5 Å². The van der Waals surface area contributed by atoms with Crippen LogP contribution in [0.25, 0.3) is 6.08 Å². The third kappa shape index (κ3) is 4.49. The first-order valence-corrected chi connectivity index (χ1v) is 5.80. The minimum Gasteiger partial charge on any atom is -0.497 e. The highest BCUT2D eigenvalue weighted by Crippen LogP contribution is 2.23. The van der Waals surface area contributed by atoms with Gasteiger partial charge in [-0.3, -0.25) is 0 Å². The molecule has 0 unspecified atom stereocenters. The summed E-state index contributed by atoms with van der Waals surface area (Å²) in [5, 5.41) is 3.29. The van der Waals surface area contributed by atoms with Gasteiger partial charge in [-0.25, -0.2) is 0 Å². The van der Waals surface area contributed by atoms with Crippen molar-refractivity contribution >= 4 is 6.08 Å². The summed E-state index contributed by atoms with van der Waals surface area (Å²) in [7, 11) is 3.32. The van der Waals surface area contributed by atoms with Crippen molar-refractivity contribution < 1.29 is 9.47 Å². The van der Waals surface area contributed by atoms with Crippen LogP contribution in [0, 0.1) is 0 Å². The summed E-state index contributed by atoms with van der Waals surface area (Å²) < 4.78 is 10.5. The molecule has 0 aromatic heterocycles. The Hall–Kier alpha value is -1.48. The fourth-order valence-electron chi connectivity index (χ4n) is 1.57. The zero-order valence-electron chi connectivity index (χ0n) is 11.0. The Bertz CT molecular complexity index is 364. The van der Waals surface area contributed by atoms with E-state index in [0.29, 0.717) is 0 Å². The van der Waals surface area contributed by atoms with Crippen LogP contribution in [0.1, 0.15) is 19.4 Å². The molecule has 0 aliphatic heterocycles. The summed E-state index contributed by atoms with van der Waals surface area (Å²) in [5.41, 5.74) is 2.37. The maximum absolute atomic E-state index is 5.24. The first kappa shape index (κ1) is 13.6. The fraction of sp³-hybridized carbons (Fsp3) is 0.429. The van der Waals surface area contributed by atoms with E-state index in [9.17, 15) is 0 Å². The predicted molar refractivity (Wildman–Crippen MR) is 71.7 cm³/mol. The van der Waals surface area contributed by atoms with Crippen molar-refractivity contribution in [3.63, 3.8) is 0 Å². The summed E-state index contributed by atoms with van der Waals surface area (Å²) in [4.78, 5) is 0. The summed E-state index contributed by atoms with van der Waals surface area (Å²) in [6.07, 6.45) is 2.13. The summed E-state index contributed by atoms with van der Waals surface area (Å²) in [6.45, 7) is 6.08. The fourth-order valence-corrected chi connectivity index (χ4v) is 1.57. The molecule has 3 heteroatoms. The number of likely N-dealkylation sites (N-methyl/N-ethyl adjacent to an activating group) is 1. The Balaban J connectivity index is 2.88. The smallest absolute Gasteiger partial charge is 0.123 e. The summed E-state index contributed by atoms with van der Waals surface area (Å²) >= 11 is 0. The largest absolute Gasteiger partial charge is 0.497 e. The van der Waals surface area contributed by atoms with E-state index in [4.69, 9.17) is 9.47 Å². The van der Waals surface area contributed by atoms with Gasteiger partial charge in [-0.15, -0.1) is 0 Å². The van der Waals surface area contributed by atoms with E-state index in [1.807, 2.05) is 18.2 Å². The lowest BCUT2D eigenvalue weighted by molar-refractivity contribution is 0.394. The SMILES string of the molecule is CCNCC(C)=Cc1cc(OC)cc(OC)c1. The Morgan fingerprint density at radius 1 is 1.18 bits per heavy atom. The maximum Gasteiger partial charge on any atom is 0.123 e. The lowest BCUT2D eigenvalue weighted by Gasteiger charge is -2.07. The molecular formula is C14H21NO2. The van der Waals surface area contributed by atoms with Crippen LogP contribution < -0.4 is 14.8 Å². The second kappa shape index (κ2) is 6.97. The molecule has 0 aliphatic rings. The van der Waals surface area contributed by atoms with Crippen LogP contribution in [0.5, 0.6) is 11.5 Å². The molecule has 1 aromatic carbocycles. The molecule has 1 rings (SSSR count). The van der Waals surface area contributed by atoms with Crippen LogP contribution in [0.15, 0.2) is 23.8 Å². The number of hydrogen-bond acceptors (Lipinski definition) is 3. The Morgan fingerprint density at radius 2 is 1.76 bits per heavy atom. The van der Waals surface area contributed by atoms with Gasteiger partial charge in [-0.1, -0.05) is 18.6 Å². The van der Waals surface area contributed by atoms with E-state index in [1.165, 1.54) is 5.57 Å². The van der Waals surface area contributed by atoms with Gasteiger partial charge in [-0.05, 0) is 31.2 Å². The molecule has 0 saturated carbocycles. The summed E-state index contributed by atoms with van der Waals surface area (Å²) in [5.74, 6) is 1.62. The molecule has 0 heterocycles. The van der Waals surface area contributed by atoms with Gasteiger partial charge >= 0.3 is 0 Å². The number of rotatable bonds is 6. The molecule has 0 spiro atoms. The van der Waals surface area contributed by atoms with E-state index in [0.717, 1.165) is 30.2 Å². The molecule has 0 atom stereocenters. The average molecular weight is 235 g/mol. The second-order valence-corrected chi connectivity index (χ2v) is 3.92. The minimum absolute atomic E-state index is 0.812. The third-order valence-corrected chi connectivity index (χ3v) is 2.44. The molecule has 17 heavy (non-hydrogen) atoms. The Labute approximate surface area is 103 Å². The van der Waals surface area contributed by atoms with Gasteiger partial charge < -0.3 is 14.8 Å². The number of hydrogen-bond donors (Lipinski definition) is 1. The van der Waals surface area contributed by atoms with Crippen LogP contribution in [-0.4, -0.2) is 27.3 Å². The standard InChI is InChI=1S/C14H21NO2/c1-5-15-10-11(2)6-12-7-13(16-3)9-14(8-12)17-4/h6-9,15H,5,10H2,1-4H3. The molecule has 0 saturated heterocycles. The van der Waals surface area contributed by atoms with Crippen LogP contribution in [0.3, 0.4) is 0 Å². The molecule has 0 fully saturated rings.